The first-order chi connectivity index (χ1) is 8.51. The summed E-state index contributed by atoms with van der Waals surface area (Å²) in [5, 5.41) is 3.07. The van der Waals surface area contributed by atoms with E-state index in [1.807, 2.05) is 13.8 Å². The smallest absolute Gasteiger partial charge is 0.244 e. The highest BCUT2D eigenvalue weighted by atomic mass is 19.1. The van der Waals surface area contributed by atoms with Crippen molar-refractivity contribution in [3.8, 4) is 0 Å². The van der Waals surface area contributed by atoms with Gasteiger partial charge in [0, 0.05) is 24.3 Å². The Morgan fingerprint density at radius 3 is 2.56 bits per heavy atom. The molecule has 1 unspecified atom stereocenters. The molecule has 0 bridgehead atoms. The molecule has 100 valence electrons. The molecule has 18 heavy (non-hydrogen) atoms. The first-order valence-electron chi connectivity index (χ1n) is 6.31. The topological polar surface area (TPSA) is 32.3 Å². The number of amides is 1. The van der Waals surface area contributed by atoms with Gasteiger partial charge in [-0.15, -0.1) is 0 Å². The number of carbonyl (C=O) groups is 1. The van der Waals surface area contributed by atoms with Gasteiger partial charge in [0.1, 0.15) is 11.9 Å². The summed E-state index contributed by atoms with van der Waals surface area (Å²) in [6.45, 7) is 8.76. The minimum atomic E-state index is -0.356. The molecule has 0 aliphatic carbocycles. The van der Waals surface area contributed by atoms with Crippen LogP contribution < -0.4 is 5.32 Å². The van der Waals surface area contributed by atoms with E-state index in [2.05, 4.69) is 5.32 Å². The number of nitrogens with one attached hydrogen (secondary N) is 1. The summed E-state index contributed by atoms with van der Waals surface area (Å²) in [6, 6.07) is 4.48. The third kappa shape index (κ3) is 3.22. The van der Waals surface area contributed by atoms with Crippen LogP contribution in [-0.4, -0.2) is 29.9 Å². The van der Waals surface area contributed by atoms with Crippen LogP contribution in [0.5, 0.6) is 0 Å². The summed E-state index contributed by atoms with van der Waals surface area (Å²) >= 11 is 0. The number of likely N-dealkylation sites (N-methyl/N-ethyl adjacent to an activating group) is 1. The van der Waals surface area contributed by atoms with Crippen LogP contribution in [0.15, 0.2) is 18.2 Å². The zero-order chi connectivity index (χ0) is 13.7. The Labute approximate surface area is 108 Å². The number of anilines is 1. The van der Waals surface area contributed by atoms with Gasteiger partial charge in [0.25, 0.3) is 0 Å². The van der Waals surface area contributed by atoms with E-state index in [0.717, 1.165) is 0 Å². The molecular weight excluding hydrogens is 231 g/mol. The zero-order valence-electron chi connectivity index (χ0n) is 11.5. The number of carbonyl (C=O) groups excluding carboxylic acids is 1. The molecule has 0 saturated heterocycles. The highest BCUT2D eigenvalue weighted by Crippen LogP contribution is 2.18. The van der Waals surface area contributed by atoms with Crippen molar-refractivity contribution < 1.29 is 9.18 Å². The molecule has 1 aromatic carbocycles. The minimum Gasteiger partial charge on any atom is -0.374 e. The quantitative estimate of drug-likeness (QED) is 0.874. The van der Waals surface area contributed by atoms with E-state index >= 15 is 0 Å². The molecule has 0 saturated carbocycles. The van der Waals surface area contributed by atoms with Crippen LogP contribution >= 0.6 is 0 Å². The van der Waals surface area contributed by atoms with Crippen LogP contribution in [0, 0.1) is 12.7 Å². The summed E-state index contributed by atoms with van der Waals surface area (Å²) in [7, 11) is 0. The van der Waals surface area contributed by atoms with Crippen molar-refractivity contribution >= 4 is 11.6 Å². The maximum Gasteiger partial charge on any atom is 0.244 e. The van der Waals surface area contributed by atoms with Gasteiger partial charge in [0.15, 0.2) is 0 Å². The van der Waals surface area contributed by atoms with Crippen molar-refractivity contribution in [2.75, 3.05) is 18.4 Å². The highest BCUT2D eigenvalue weighted by molar-refractivity contribution is 5.84. The van der Waals surface area contributed by atoms with Crippen molar-refractivity contribution in [3.05, 3.63) is 29.6 Å². The molecule has 1 amide bonds. The van der Waals surface area contributed by atoms with Crippen LogP contribution in [0.1, 0.15) is 26.3 Å². The molecule has 0 radical (unpaired) electrons. The van der Waals surface area contributed by atoms with E-state index in [-0.39, 0.29) is 17.8 Å². The predicted octanol–water partition coefficient (Wildman–Crippen LogP) is 2.80. The van der Waals surface area contributed by atoms with Gasteiger partial charge in [-0.25, -0.2) is 4.39 Å². The van der Waals surface area contributed by atoms with Crippen LogP contribution in [0.3, 0.4) is 0 Å². The van der Waals surface area contributed by atoms with E-state index in [1.54, 1.807) is 30.9 Å². The lowest BCUT2D eigenvalue weighted by molar-refractivity contribution is -0.131. The standard InChI is InChI=1S/C14H21FN2O/c1-5-17(6-2)14(18)11(4)16-13-9-7-8-12(15)10(13)3/h7-9,11,16H,5-6H2,1-4H3. The fourth-order valence-corrected chi connectivity index (χ4v) is 1.87. The van der Waals surface area contributed by atoms with E-state index in [4.69, 9.17) is 0 Å². The maximum atomic E-state index is 13.4. The molecule has 3 nitrogen and oxygen atoms in total. The van der Waals surface area contributed by atoms with E-state index in [1.165, 1.54) is 6.07 Å². The summed E-state index contributed by atoms with van der Waals surface area (Å²) in [4.78, 5) is 13.8. The average Bonchev–Trinajstić information content (AvgIpc) is 2.36. The third-order valence-electron chi connectivity index (χ3n) is 3.09. The van der Waals surface area contributed by atoms with Crippen LogP contribution in [0.2, 0.25) is 0 Å². The second-order valence-corrected chi connectivity index (χ2v) is 4.29. The van der Waals surface area contributed by atoms with E-state index in [9.17, 15) is 9.18 Å². The lowest BCUT2D eigenvalue weighted by atomic mass is 10.1. The molecule has 1 aromatic rings. The SMILES string of the molecule is CCN(CC)C(=O)C(C)Nc1cccc(F)c1C. The molecule has 0 fully saturated rings. The monoisotopic (exact) mass is 252 g/mol. The van der Waals surface area contributed by atoms with Gasteiger partial charge >= 0.3 is 0 Å². The molecule has 4 heteroatoms. The molecule has 0 heterocycles. The summed E-state index contributed by atoms with van der Waals surface area (Å²) in [5.41, 5.74) is 1.21. The number of rotatable bonds is 5. The Morgan fingerprint density at radius 1 is 1.39 bits per heavy atom. The average molecular weight is 252 g/mol. The van der Waals surface area contributed by atoms with E-state index < -0.39 is 0 Å². The Bertz CT molecular complexity index is 416. The highest BCUT2D eigenvalue weighted by Gasteiger charge is 2.18. The molecule has 0 aliphatic rings. The first kappa shape index (κ1) is 14.5. The largest absolute Gasteiger partial charge is 0.374 e. The summed E-state index contributed by atoms with van der Waals surface area (Å²) < 4.78 is 13.4. The maximum absolute atomic E-state index is 13.4. The van der Waals surface area contributed by atoms with Gasteiger partial charge in [0.2, 0.25) is 5.91 Å². The summed E-state index contributed by atoms with van der Waals surface area (Å²) in [6.07, 6.45) is 0. The van der Waals surface area contributed by atoms with Gasteiger partial charge in [-0.1, -0.05) is 6.07 Å². The van der Waals surface area contributed by atoms with Crippen LogP contribution in [-0.2, 0) is 4.79 Å². The normalized spacial score (nSPS) is 12.1. The molecule has 1 rings (SSSR count). The molecule has 0 aliphatic heterocycles. The van der Waals surface area contributed by atoms with Crippen LogP contribution in [0.4, 0.5) is 10.1 Å². The van der Waals surface area contributed by atoms with Gasteiger partial charge in [-0.3, -0.25) is 4.79 Å². The van der Waals surface area contributed by atoms with Crippen molar-refractivity contribution in [1.82, 2.24) is 4.90 Å². The van der Waals surface area contributed by atoms with Crippen molar-refractivity contribution in [2.24, 2.45) is 0 Å². The summed E-state index contributed by atoms with van der Waals surface area (Å²) in [5.74, 6) is -0.230. The fourth-order valence-electron chi connectivity index (χ4n) is 1.87. The van der Waals surface area contributed by atoms with Gasteiger partial charge in [-0.2, -0.15) is 0 Å². The van der Waals surface area contributed by atoms with E-state index in [0.29, 0.717) is 24.3 Å². The Balaban J connectivity index is 2.78. The lowest BCUT2D eigenvalue weighted by Crippen LogP contribution is -2.41. The molecule has 1 N–H and O–H groups in total. The predicted molar refractivity (Wildman–Crippen MR) is 72.1 cm³/mol. The van der Waals surface area contributed by atoms with Crippen molar-refractivity contribution in [3.63, 3.8) is 0 Å². The van der Waals surface area contributed by atoms with Crippen molar-refractivity contribution in [1.29, 1.82) is 0 Å². The first-order valence-corrected chi connectivity index (χ1v) is 6.31. The Morgan fingerprint density at radius 2 is 2.00 bits per heavy atom. The molecular formula is C14H21FN2O. The van der Waals surface area contributed by atoms with Crippen molar-refractivity contribution in [2.45, 2.75) is 33.7 Å². The van der Waals surface area contributed by atoms with Gasteiger partial charge in [0.05, 0.1) is 0 Å². The van der Waals surface area contributed by atoms with Gasteiger partial charge in [-0.05, 0) is 39.8 Å². The zero-order valence-corrected chi connectivity index (χ0v) is 11.5. The fraction of sp³-hybridized carbons (Fsp3) is 0.500. The lowest BCUT2D eigenvalue weighted by Gasteiger charge is -2.24. The number of hydrogen-bond acceptors (Lipinski definition) is 2. The molecule has 0 spiro atoms. The minimum absolute atomic E-state index is 0.0312. The molecule has 0 aromatic heterocycles. The number of hydrogen-bond donors (Lipinski definition) is 1. The van der Waals surface area contributed by atoms with Crippen LogP contribution in [0.25, 0.3) is 0 Å². The third-order valence-corrected chi connectivity index (χ3v) is 3.09. The molecule has 1 atom stereocenters. The second kappa shape index (κ2) is 6.38. The second-order valence-electron chi connectivity index (χ2n) is 4.29. The number of halogens is 1. The number of benzene rings is 1. The Kier molecular flexibility index (Phi) is 5.13. The number of nitrogens with zero attached hydrogens (tertiary/aromatic N) is 1. The Hall–Kier alpha value is -1.58. The van der Waals surface area contributed by atoms with Gasteiger partial charge < -0.3 is 10.2 Å².